The molecule has 0 bridgehead atoms. The normalized spacial score (nSPS) is 16.3. The summed E-state index contributed by atoms with van der Waals surface area (Å²) in [7, 11) is 0. The van der Waals surface area contributed by atoms with E-state index < -0.39 is 0 Å². The number of hydrogen-bond acceptors (Lipinski definition) is 4. The number of carbonyl (C=O) groups is 1. The van der Waals surface area contributed by atoms with Gasteiger partial charge in [-0.1, -0.05) is 20.3 Å². The summed E-state index contributed by atoms with van der Waals surface area (Å²) in [5, 5.41) is 11.7. The van der Waals surface area contributed by atoms with Crippen molar-refractivity contribution >= 4 is 30.7 Å². The minimum Gasteiger partial charge on any atom is -0.346 e. The summed E-state index contributed by atoms with van der Waals surface area (Å²) in [6.07, 6.45) is 5.35. The fourth-order valence-electron chi connectivity index (χ4n) is 2.54. The minimum absolute atomic E-state index is 0. The molecule has 22 heavy (non-hydrogen) atoms. The molecule has 1 aliphatic rings. The van der Waals surface area contributed by atoms with Crippen LogP contribution in [0.15, 0.2) is 0 Å². The second-order valence-electron chi connectivity index (χ2n) is 5.54. The van der Waals surface area contributed by atoms with Crippen LogP contribution in [0.1, 0.15) is 57.2 Å². The first-order chi connectivity index (χ1) is 9.67. The van der Waals surface area contributed by atoms with Crippen LogP contribution in [0.3, 0.4) is 0 Å². The molecule has 1 aromatic heterocycles. The number of hydrogen-bond donors (Lipinski definition) is 2. The number of rotatable bonds is 5. The van der Waals surface area contributed by atoms with Crippen LogP contribution in [0.2, 0.25) is 0 Å². The second kappa shape index (κ2) is 10.0. The van der Waals surface area contributed by atoms with Gasteiger partial charge in [-0.25, -0.2) is 0 Å². The van der Waals surface area contributed by atoms with Gasteiger partial charge < -0.3 is 15.6 Å². The van der Waals surface area contributed by atoms with Crippen molar-refractivity contribution in [2.24, 2.45) is 11.7 Å². The van der Waals surface area contributed by atoms with Crippen molar-refractivity contribution < 1.29 is 4.79 Å². The summed E-state index contributed by atoms with van der Waals surface area (Å²) >= 11 is 0. The molecule has 1 aromatic rings. The lowest BCUT2D eigenvalue weighted by atomic mass is 10.1. The van der Waals surface area contributed by atoms with Crippen LogP contribution in [0.25, 0.3) is 0 Å². The van der Waals surface area contributed by atoms with E-state index in [2.05, 4.69) is 27.0 Å². The van der Waals surface area contributed by atoms with E-state index in [0.717, 1.165) is 37.5 Å². The molecule has 0 saturated carbocycles. The van der Waals surface area contributed by atoms with Crippen molar-refractivity contribution in [3.63, 3.8) is 0 Å². The molecule has 1 amide bonds. The molecule has 2 atom stereocenters. The monoisotopic (exact) mass is 351 g/mol. The Labute approximate surface area is 144 Å². The largest absolute Gasteiger partial charge is 0.346 e. The predicted molar refractivity (Wildman–Crippen MR) is 91.5 cm³/mol. The van der Waals surface area contributed by atoms with E-state index in [1.54, 1.807) is 0 Å². The molecule has 2 rings (SSSR count). The molecule has 0 radical (unpaired) electrons. The first-order valence-electron chi connectivity index (χ1n) is 7.59. The highest BCUT2D eigenvalue weighted by atomic mass is 35.5. The van der Waals surface area contributed by atoms with Crippen LogP contribution in [0, 0.1) is 5.92 Å². The molecule has 128 valence electrons. The topological polar surface area (TPSA) is 85.8 Å². The third-order valence-corrected chi connectivity index (χ3v) is 3.98. The predicted octanol–water partition coefficient (Wildman–Crippen LogP) is 2.01. The second-order valence-corrected chi connectivity index (χ2v) is 5.54. The summed E-state index contributed by atoms with van der Waals surface area (Å²) in [6.45, 7) is 5.21. The molecule has 0 aliphatic carbocycles. The summed E-state index contributed by atoms with van der Waals surface area (Å²) in [5.41, 5.74) is 5.55. The van der Waals surface area contributed by atoms with Gasteiger partial charge in [0.2, 0.25) is 5.91 Å². The SMILES string of the molecule is CCC(NC(=O)C(C)CN)c1nnc2n1CCCCC2.Cl.Cl. The number of nitrogens with zero attached hydrogens (tertiary/aromatic N) is 3. The van der Waals surface area contributed by atoms with Crippen molar-refractivity contribution in [3.05, 3.63) is 11.6 Å². The van der Waals surface area contributed by atoms with E-state index in [-0.39, 0.29) is 42.7 Å². The molecule has 1 aliphatic heterocycles. The zero-order valence-electron chi connectivity index (χ0n) is 13.2. The zero-order chi connectivity index (χ0) is 14.5. The lowest BCUT2D eigenvalue weighted by Gasteiger charge is -2.19. The molecule has 6 nitrogen and oxygen atoms in total. The van der Waals surface area contributed by atoms with Gasteiger partial charge in [0.1, 0.15) is 5.82 Å². The fraction of sp³-hybridized carbons (Fsp3) is 0.786. The van der Waals surface area contributed by atoms with Crippen LogP contribution in [-0.2, 0) is 17.8 Å². The number of halogens is 2. The van der Waals surface area contributed by atoms with Crippen molar-refractivity contribution in [3.8, 4) is 0 Å². The van der Waals surface area contributed by atoms with Gasteiger partial charge in [-0.15, -0.1) is 35.0 Å². The number of nitrogens with one attached hydrogen (secondary N) is 1. The Morgan fingerprint density at radius 1 is 1.32 bits per heavy atom. The van der Waals surface area contributed by atoms with E-state index in [4.69, 9.17) is 5.73 Å². The highest BCUT2D eigenvalue weighted by Crippen LogP contribution is 2.21. The van der Waals surface area contributed by atoms with Gasteiger partial charge in [-0.05, 0) is 19.3 Å². The van der Waals surface area contributed by atoms with E-state index in [1.165, 1.54) is 12.8 Å². The Kier molecular flexibility index (Phi) is 9.64. The van der Waals surface area contributed by atoms with Gasteiger partial charge in [0.25, 0.3) is 0 Å². The Morgan fingerprint density at radius 3 is 2.68 bits per heavy atom. The Balaban J connectivity index is 0.00000220. The molecular formula is C14H27Cl2N5O. The number of aromatic nitrogens is 3. The van der Waals surface area contributed by atoms with Gasteiger partial charge >= 0.3 is 0 Å². The molecule has 8 heteroatoms. The highest BCUT2D eigenvalue weighted by molar-refractivity contribution is 5.85. The molecule has 0 fully saturated rings. The number of aryl methyl sites for hydroxylation is 1. The highest BCUT2D eigenvalue weighted by Gasteiger charge is 2.23. The van der Waals surface area contributed by atoms with Gasteiger partial charge in [0.15, 0.2) is 5.82 Å². The molecule has 2 unspecified atom stereocenters. The van der Waals surface area contributed by atoms with E-state index >= 15 is 0 Å². The smallest absolute Gasteiger partial charge is 0.224 e. The molecule has 2 heterocycles. The standard InChI is InChI=1S/C14H25N5O.2ClH/c1-3-11(16-14(20)10(2)9-15)13-18-17-12-7-5-4-6-8-19(12)13;;/h10-11H,3-9,15H2,1-2H3,(H,16,20);2*1H. The number of fused-ring (bicyclic) bond motifs is 1. The van der Waals surface area contributed by atoms with E-state index in [0.29, 0.717) is 6.54 Å². The Morgan fingerprint density at radius 2 is 2.05 bits per heavy atom. The van der Waals surface area contributed by atoms with Crippen LogP contribution < -0.4 is 11.1 Å². The van der Waals surface area contributed by atoms with Crippen molar-refractivity contribution in [1.29, 1.82) is 0 Å². The third-order valence-electron chi connectivity index (χ3n) is 3.98. The molecule has 0 spiro atoms. The summed E-state index contributed by atoms with van der Waals surface area (Å²) in [4.78, 5) is 12.0. The molecule has 3 N–H and O–H groups in total. The average molecular weight is 352 g/mol. The van der Waals surface area contributed by atoms with Gasteiger partial charge in [0.05, 0.1) is 6.04 Å². The maximum absolute atomic E-state index is 12.0. The number of amides is 1. The zero-order valence-corrected chi connectivity index (χ0v) is 14.9. The maximum Gasteiger partial charge on any atom is 0.224 e. The van der Waals surface area contributed by atoms with Crippen molar-refractivity contribution in [2.75, 3.05) is 6.54 Å². The average Bonchev–Trinajstić information content (AvgIpc) is 2.71. The maximum atomic E-state index is 12.0. The van der Waals surface area contributed by atoms with Crippen LogP contribution >= 0.6 is 24.8 Å². The summed E-state index contributed by atoms with van der Waals surface area (Å²) < 4.78 is 2.19. The van der Waals surface area contributed by atoms with Crippen LogP contribution in [0.4, 0.5) is 0 Å². The Hall–Kier alpha value is -0.850. The first-order valence-corrected chi connectivity index (χ1v) is 7.59. The first kappa shape index (κ1) is 21.1. The van der Waals surface area contributed by atoms with Gasteiger partial charge in [-0.2, -0.15) is 0 Å². The van der Waals surface area contributed by atoms with Crippen LogP contribution in [0.5, 0.6) is 0 Å². The quantitative estimate of drug-likeness (QED) is 0.849. The summed E-state index contributed by atoms with van der Waals surface area (Å²) in [5.74, 6) is 1.76. The van der Waals surface area contributed by atoms with E-state index in [1.807, 2.05) is 6.92 Å². The van der Waals surface area contributed by atoms with E-state index in [9.17, 15) is 4.79 Å². The van der Waals surface area contributed by atoms with Crippen molar-refractivity contribution in [2.45, 2.75) is 58.5 Å². The lowest BCUT2D eigenvalue weighted by molar-refractivity contribution is -0.125. The molecule has 0 aromatic carbocycles. The Bertz CT molecular complexity index is 466. The molecule has 0 saturated heterocycles. The summed E-state index contributed by atoms with van der Waals surface area (Å²) in [6, 6.07) is -0.0733. The van der Waals surface area contributed by atoms with Gasteiger partial charge in [0, 0.05) is 25.4 Å². The van der Waals surface area contributed by atoms with Crippen LogP contribution in [-0.4, -0.2) is 27.2 Å². The van der Waals surface area contributed by atoms with Crippen molar-refractivity contribution in [1.82, 2.24) is 20.1 Å². The number of nitrogens with two attached hydrogens (primary N) is 1. The van der Waals surface area contributed by atoms with Gasteiger partial charge in [-0.3, -0.25) is 4.79 Å². The lowest BCUT2D eigenvalue weighted by Crippen LogP contribution is -2.36. The number of carbonyl (C=O) groups excluding carboxylic acids is 1. The molecular weight excluding hydrogens is 325 g/mol. The fourth-order valence-corrected chi connectivity index (χ4v) is 2.54. The third kappa shape index (κ3) is 4.83. The minimum atomic E-state index is -0.171.